The number of aromatic hydroxyl groups is 1. The van der Waals surface area contributed by atoms with E-state index in [0.717, 1.165) is 17.5 Å². The van der Waals surface area contributed by atoms with Crippen molar-refractivity contribution >= 4 is 18.3 Å². The summed E-state index contributed by atoms with van der Waals surface area (Å²) in [6.45, 7) is 1.20. The quantitative estimate of drug-likeness (QED) is 0.906. The van der Waals surface area contributed by atoms with Crippen molar-refractivity contribution in [2.45, 2.75) is 25.4 Å². The van der Waals surface area contributed by atoms with Crippen LogP contribution in [0.3, 0.4) is 0 Å². The maximum Gasteiger partial charge on any atom is 0.240 e. The number of carbonyl (C=O) groups excluding carboxylic acids is 1. The number of phenolic OH excluding ortho intramolecular Hbond substituents is 1. The SMILES string of the molecule is Cl.NC(Cc1ccccc1)C(=O)N1CCc2ccc(O)cc2C1. The van der Waals surface area contributed by atoms with Gasteiger partial charge in [0.15, 0.2) is 0 Å². The van der Waals surface area contributed by atoms with E-state index in [2.05, 4.69) is 0 Å². The van der Waals surface area contributed by atoms with E-state index in [1.54, 1.807) is 17.0 Å². The Kier molecular flexibility index (Phi) is 5.64. The van der Waals surface area contributed by atoms with Gasteiger partial charge in [-0.25, -0.2) is 0 Å². The van der Waals surface area contributed by atoms with Gasteiger partial charge in [-0.3, -0.25) is 4.79 Å². The third kappa shape index (κ3) is 4.03. The second kappa shape index (κ2) is 7.49. The van der Waals surface area contributed by atoms with Gasteiger partial charge in [-0.05, 0) is 41.7 Å². The van der Waals surface area contributed by atoms with Crippen molar-refractivity contribution in [3.63, 3.8) is 0 Å². The summed E-state index contributed by atoms with van der Waals surface area (Å²) in [4.78, 5) is 14.3. The predicted molar refractivity (Wildman–Crippen MR) is 92.6 cm³/mol. The number of hydrogen-bond donors (Lipinski definition) is 2. The molecule has 0 saturated heterocycles. The number of carbonyl (C=O) groups is 1. The van der Waals surface area contributed by atoms with Crippen LogP contribution in [0.2, 0.25) is 0 Å². The van der Waals surface area contributed by atoms with Crippen LogP contribution in [0.15, 0.2) is 48.5 Å². The van der Waals surface area contributed by atoms with Crippen molar-refractivity contribution in [2.75, 3.05) is 6.54 Å². The maximum absolute atomic E-state index is 12.5. The molecular weight excluding hydrogens is 312 g/mol. The third-order valence-electron chi connectivity index (χ3n) is 4.13. The van der Waals surface area contributed by atoms with Gasteiger partial charge in [-0.1, -0.05) is 36.4 Å². The molecule has 5 heteroatoms. The summed E-state index contributed by atoms with van der Waals surface area (Å²) < 4.78 is 0. The van der Waals surface area contributed by atoms with E-state index >= 15 is 0 Å². The van der Waals surface area contributed by atoms with Crippen molar-refractivity contribution in [1.29, 1.82) is 0 Å². The molecule has 23 heavy (non-hydrogen) atoms. The second-order valence-electron chi connectivity index (χ2n) is 5.76. The van der Waals surface area contributed by atoms with E-state index in [4.69, 9.17) is 5.73 Å². The van der Waals surface area contributed by atoms with Crippen LogP contribution in [-0.2, 0) is 24.2 Å². The standard InChI is InChI=1S/C18H20N2O2.ClH/c19-17(10-13-4-2-1-3-5-13)18(22)20-9-8-14-6-7-16(21)11-15(14)12-20;/h1-7,11,17,21H,8-10,12,19H2;1H. The Balaban J connectivity index is 0.00000192. The van der Waals surface area contributed by atoms with E-state index in [9.17, 15) is 9.90 Å². The van der Waals surface area contributed by atoms with Crippen molar-refractivity contribution in [2.24, 2.45) is 5.73 Å². The molecule has 0 spiro atoms. The molecular formula is C18H21ClN2O2. The molecule has 2 aromatic rings. The molecule has 2 aromatic carbocycles. The topological polar surface area (TPSA) is 66.6 Å². The Morgan fingerprint density at radius 3 is 2.65 bits per heavy atom. The highest BCUT2D eigenvalue weighted by molar-refractivity contribution is 5.85. The minimum absolute atomic E-state index is 0. The molecule has 0 aromatic heterocycles. The molecule has 4 nitrogen and oxygen atoms in total. The van der Waals surface area contributed by atoms with Crippen LogP contribution in [0.1, 0.15) is 16.7 Å². The van der Waals surface area contributed by atoms with Crippen molar-refractivity contribution < 1.29 is 9.90 Å². The van der Waals surface area contributed by atoms with E-state index in [0.29, 0.717) is 19.5 Å². The van der Waals surface area contributed by atoms with Crippen LogP contribution >= 0.6 is 12.4 Å². The van der Waals surface area contributed by atoms with Gasteiger partial charge in [-0.2, -0.15) is 0 Å². The van der Waals surface area contributed by atoms with Gasteiger partial charge in [0.05, 0.1) is 6.04 Å². The third-order valence-corrected chi connectivity index (χ3v) is 4.13. The lowest BCUT2D eigenvalue weighted by atomic mass is 9.98. The van der Waals surface area contributed by atoms with Gasteiger partial charge >= 0.3 is 0 Å². The van der Waals surface area contributed by atoms with Gasteiger partial charge in [0.2, 0.25) is 5.91 Å². The fourth-order valence-electron chi connectivity index (χ4n) is 2.92. The Labute approximate surface area is 142 Å². The van der Waals surface area contributed by atoms with E-state index in [1.165, 1.54) is 5.56 Å². The molecule has 0 saturated carbocycles. The zero-order chi connectivity index (χ0) is 15.5. The molecule has 3 rings (SSSR count). The fourth-order valence-corrected chi connectivity index (χ4v) is 2.92. The lowest BCUT2D eigenvalue weighted by molar-refractivity contribution is -0.133. The van der Waals surface area contributed by atoms with Crippen LogP contribution in [0.5, 0.6) is 5.75 Å². The minimum atomic E-state index is -0.527. The van der Waals surface area contributed by atoms with Crippen LogP contribution in [-0.4, -0.2) is 28.5 Å². The molecule has 0 radical (unpaired) electrons. The van der Waals surface area contributed by atoms with Crippen LogP contribution in [0, 0.1) is 0 Å². The molecule has 0 bridgehead atoms. The number of nitrogens with zero attached hydrogens (tertiary/aromatic N) is 1. The molecule has 1 aliphatic rings. The Morgan fingerprint density at radius 1 is 1.17 bits per heavy atom. The minimum Gasteiger partial charge on any atom is -0.508 e. The van der Waals surface area contributed by atoms with Crippen molar-refractivity contribution in [1.82, 2.24) is 4.90 Å². The van der Waals surface area contributed by atoms with E-state index < -0.39 is 6.04 Å². The molecule has 1 heterocycles. The molecule has 1 unspecified atom stereocenters. The Hall–Kier alpha value is -2.04. The van der Waals surface area contributed by atoms with Gasteiger partial charge in [0, 0.05) is 13.1 Å². The predicted octanol–water partition coefficient (Wildman–Crippen LogP) is 2.27. The fraction of sp³-hybridized carbons (Fsp3) is 0.278. The monoisotopic (exact) mass is 332 g/mol. The first-order chi connectivity index (χ1) is 10.6. The maximum atomic E-state index is 12.5. The van der Waals surface area contributed by atoms with Crippen LogP contribution < -0.4 is 5.73 Å². The average Bonchev–Trinajstić information content (AvgIpc) is 2.54. The lowest BCUT2D eigenvalue weighted by Gasteiger charge is -2.31. The first-order valence-electron chi connectivity index (χ1n) is 7.52. The summed E-state index contributed by atoms with van der Waals surface area (Å²) in [6.07, 6.45) is 1.35. The first kappa shape index (κ1) is 17.3. The highest BCUT2D eigenvalue weighted by Gasteiger charge is 2.25. The zero-order valence-electron chi connectivity index (χ0n) is 12.8. The van der Waals surface area contributed by atoms with E-state index in [1.807, 2.05) is 36.4 Å². The number of rotatable bonds is 3. The number of fused-ring (bicyclic) bond motifs is 1. The molecule has 122 valence electrons. The highest BCUT2D eigenvalue weighted by Crippen LogP contribution is 2.23. The number of benzene rings is 2. The number of hydrogen-bond acceptors (Lipinski definition) is 3. The summed E-state index contributed by atoms with van der Waals surface area (Å²) in [5.41, 5.74) is 9.36. The smallest absolute Gasteiger partial charge is 0.240 e. The summed E-state index contributed by atoms with van der Waals surface area (Å²) >= 11 is 0. The van der Waals surface area contributed by atoms with Crippen molar-refractivity contribution in [3.05, 3.63) is 65.2 Å². The number of nitrogens with two attached hydrogens (primary N) is 1. The lowest BCUT2D eigenvalue weighted by Crippen LogP contribution is -2.46. The number of phenols is 1. The number of amides is 1. The zero-order valence-corrected chi connectivity index (χ0v) is 13.6. The summed E-state index contributed by atoms with van der Waals surface area (Å²) in [6, 6.07) is 14.6. The van der Waals surface area contributed by atoms with Gasteiger partial charge in [0.25, 0.3) is 0 Å². The normalized spacial score (nSPS) is 14.6. The summed E-state index contributed by atoms with van der Waals surface area (Å²) in [5, 5.41) is 9.59. The van der Waals surface area contributed by atoms with Crippen molar-refractivity contribution in [3.8, 4) is 5.75 Å². The Morgan fingerprint density at radius 2 is 1.91 bits per heavy atom. The Bertz CT molecular complexity index is 676. The molecule has 1 atom stereocenters. The largest absolute Gasteiger partial charge is 0.508 e. The van der Waals surface area contributed by atoms with Crippen LogP contribution in [0.25, 0.3) is 0 Å². The van der Waals surface area contributed by atoms with Gasteiger partial charge in [-0.15, -0.1) is 12.4 Å². The molecule has 0 fully saturated rings. The molecule has 1 amide bonds. The second-order valence-corrected chi connectivity index (χ2v) is 5.76. The summed E-state index contributed by atoms with van der Waals surface area (Å²) in [7, 11) is 0. The molecule has 3 N–H and O–H groups in total. The molecule has 1 aliphatic heterocycles. The van der Waals surface area contributed by atoms with Gasteiger partial charge < -0.3 is 15.7 Å². The van der Waals surface area contributed by atoms with Crippen LogP contribution in [0.4, 0.5) is 0 Å². The summed E-state index contributed by atoms with van der Waals surface area (Å²) in [5.74, 6) is 0.208. The van der Waals surface area contributed by atoms with Gasteiger partial charge in [0.1, 0.15) is 5.75 Å². The number of halogens is 1. The highest BCUT2D eigenvalue weighted by atomic mass is 35.5. The van der Waals surface area contributed by atoms with E-state index in [-0.39, 0.29) is 24.1 Å². The molecule has 0 aliphatic carbocycles. The average molecular weight is 333 g/mol. The first-order valence-corrected chi connectivity index (χ1v) is 7.52.